The largest absolute Gasteiger partial charge is 0.478 e. The van der Waals surface area contributed by atoms with Gasteiger partial charge in [0.25, 0.3) is 0 Å². The van der Waals surface area contributed by atoms with Crippen molar-refractivity contribution < 1.29 is 18.7 Å². The molecule has 3 rings (SSSR count). The SMILES string of the molecule is CCCCC(F)(F)c1nc(Cc2ccc(-c3ccccc3C(=O)O)cc2)n(C(C)CC)n1. The number of nitrogens with zero attached hydrogens (tertiary/aromatic N) is 3. The lowest BCUT2D eigenvalue weighted by atomic mass is 9.98. The highest BCUT2D eigenvalue weighted by atomic mass is 19.3. The fourth-order valence-electron chi connectivity index (χ4n) is 3.57. The number of alkyl halides is 2. The second-order valence-corrected chi connectivity index (χ2v) is 8.09. The van der Waals surface area contributed by atoms with Crippen molar-refractivity contribution in [2.45, 2.75) is 64.8 Å². The summed E-state index contributed by atoms with van der Waals surface area (Å²) in [5.41, 5.74) is 2.53. The van der Waals surface area contributed by atoms with E-state index in [4.69, 9.17) is 0 Å². The van der Waals surface area contributed by atoms with Crippen LogP contribution >= 0.6 is 0 Å². The Labute approximate surface area is 187 Å². The second kappa shape index (κ2) is 10.0. The molecule has 7 heteroatoms. The molecule has 3 aromatic rings. The average molecular weight is 442 g/mol. The van der Waals surface area contributed by atoms with E-state index in [1.54, 1.807) is 28.9 Å². The number of hydrogen-bond acceptors (Lipinski definition) is 3. The van der Waals surface area contributed by atoms with Gasteiger partial charge >= 0.3 is 11.9 Å². The fraction of sp³-hybridized carbons (Fsp3) is 0.400. The zero-order valence-electron chi connectivity index (χ0n) is 18.7. The van der Waals surface area contributed by atoms with Gasteiger partial charge in [0, 0.05) is 12.8 Å². The van der Waals surface area contributed by atoms with Crippen LogP contribution in [0.2, 0.25) is 0 Å². The number of carboxylic acids is 1. The third kappa shape index (κ3) is 5.21. The van der Waals surface area contributed by atoms with Crippen LogP contribution in [-0.4, -0.2) is 25.8 Å². The van der Waals surface area contributed by atoms with Crippen LogP contribution in [0.3, 0.4) is 0 Å². The molecule has 1 N–H and O–H groups in total. The molecule has 1 heterocycles. The van der Waals surface area contributed by atoms with E-state index in [0.29, 0.717) is 30.7 Å². The Morgan fingerprint density at radius 2 is 1.81 bits per heavy atom. The molecule has 0 saturated carbocycles. The number of aromatic carboxylic acids is 1. The van der Waals surface area contributed by atoms with Crippen molar-refractivity contribution in [2.24, 2.45) is 0 Å². The summed E-state index contributed by atoms with van der Waals surface area (Å²) in [6, 6.07) is 14.2. The van der Waals surface area contributed by atoms with E-state index in [1.807, 2.05) is 45.0 Å². The van der Waals surface area contributed by atoms with Gasteiger partial charge in [-0.3, -0.25) is 0 Å². The van der Waals surface area contributed by atoms with Crippen LogP contribution in [-0.2, 0) is 12.3 Å². The Morgan fingerprint density at radius 3 is 2.44 bits per heavy atom. The Morgan fingerprint density at radius 1 is 1.12 bits per heavy atom. The molecule has 0 bridgehead atoms. The van der Waals surface area contributed by atoms with Gasteiger partial charge in [0.15, 0.2) is 0 Å². The number of benzene rings is 2. The van der Waals surface area contributed by atoms with Crippen molar-refractivity contribution in [3.63, 3.8) is 0 Å². The summed E-state index contributed by atoms with van der Waals surface area (Å²) in [6.07, 6.45) is 1.96. The highest BCUT2D eigenvalue weighted by Gasteiger charge is 2.36. The third-order valence-electron chi connectivity index (χ3n) is 5.67. The molecule has 2 aromatic carbocycles. The topological polar surface area (TPSA) is 68.0 Å². The molecule has 0 spiro atoms. The first-order valence-corrected chi connectivity index (χ1v) is 11.0. The molecule has 0 radical (unpaired) electrons. The number of hydrogen-bond donors (Lipinski definition) is 1. The number of unbranched alkanes of at least 4 members (excludes halogenated alkanes) is 1. The summed E-state index contributed by atoms with van der Waals surface area (Å²) in [7, 11) is 0. The zero-order valence-corrected chi connectivity index (χ0v) is 18.7. The molecule has 0 fully saturated rings. The van der Waals surface area contributed by atoms with E-state index in [0.717, 1.165) is 17.5 Å². The Bertz CT molecular complexity index is 1060. The van der Waals surface area contributed by atoms with E-state index in [9.17, 15) is 18.7 Å². The lowest BCUT2D eigenvalue weighted by Crippen LogP contribution is -2.16. The van der Waals surface area contributed by atoms with Crippen molar-refractivity contribution in [3.05, 3.63) is 71.3 Å². The summed E-state index contributed by atoms with van der Waals surface area (Å²) < 4.78 is 30.8. The standard InChI is InChI=1S/C25H29F2N3O2/c1-4-6-15-25(26,27)24-28-22(30(29-24)17(3)5-2)16-18-11-13-19(14-12-18)20-9-7-8-10-21(20)23(31)32/h7-14,17H,4-6,15-16H2,1-3H3,(H,31,32). The molecular weight excluding hydrogens is 412 g/mol. The maximum Gasteiger partial charge on any atom is 0.336 e. The van der Waals surface area contributed by atoms with Gasteiger partial charge in [-0.05, 0) is 42.5 Å². The lowest BCUT2D eigenvalue weighted by Gasteiger charge is -2.13. The van der Waals surface area contributed by atoms with E-state index in [1.165, 1.54) is 0 Å². The molecule has 0 saturated heterocycles. The highest BCUT2D eigenvalue weighted by Crippen LogP contribution is 2.32. The van der Waals surface area contributed by atoms with Crippen LogP contribution in [0.1, 0.15) is 80.1 Å². The predicted molar refractivity (Wildman–Crippen MR) is 120 cm³/mol. The van der Waals surface area contributed by atoms with Gasteiger partial charge in [-0.1, -0.05) is 62.7 Å². The molecule has 32 heavy (non-hydrogen) atoms. The van der Waals surface area contributed by atoms with Crippen molar-refractivity contribution in [2.75, 3.05) is 0 Å². The van der Waals surface area contributed by atoms with Crippen LogP contribution in [0, 0.1) is 0 Å². The Balaban J connectivity index is 1.89. The van der Waals surface area contributed by atoms with Crippen LogP contribution in [0.15, 0.2) is 48.5 Å². The van der Waals surface area contributed by atoms with Crippen LogP contribution in [0.5, 0.6) is 0 Å². The molecule has 0 amide bonds. The molecule has 1 unspecified atom stereocenters. The van der Waals surface area contributed by atoms with Gasteiger partial charge in [-0.15, -0.1) is 5.10 Å². The smallest absolute Gasteiger partial charge is 0.336 e. The maximum absolute atomic E-state index is 14.6. The van der Waals surface area contributed by atoms with Gasteiger partial charge in [-0.2, -0.15) is 8.78 Å². The number of carboxylic acid groups (broad SMARTS) is 1. The minimum Gasteiger partial charge on any atom is -0.478 e. The van der Waals surface area contributed by atoms with Crippen molar-refractivity contribution >= 4 is 5.97 Å². The fourth-order valence-corrected chi connectivity index (χ4v) is 3.57. The number of rotatable bonds is 10. The minimum atomic E-state index is -3.05. The van der Waals surface area contributed by atoms with Crippen molar-refractivity contribution in [1.29, 1.82) is 0 Å². The molecule has 0 aliphatic heterocycles. The van der Waals surface area contributed by atoms with Gasteiger partial charge in [0.2, 0.25) is 5.82 Å². The average Bonchev–Trinajstić information content (AvgIpc) is 3.22. The van der Waals surface area contributed by atoms with Crippen LogP contribution in [0.4, 0.5) is 8.78 Å². The quantitative estimate of drug-likeness (QED) is 0.391. The van der Waals surface area contributed by atoms with E-state index in [-0.39, 0.29) is 18.0 Å². The molecular formula is C25H29F2N3O2. The number of halogens is 2. The summed E-state index contributed by atoms with van der Waals surface area (Å²) in [5.74, 6) is -3.94. The first kappa shape index (κ1) is 23.6. The van der Waals surface area contributed by atoms with Crippen LogP contribution in [0.25, 0.3) is 11.1 Å². The maximum atomic E-state index is 14.6. The summed E-state index contributed by atoms with van der Waals surface area (Å²) in [5, 5.41) is 13.6. The Kier molecular flexibility index (Phi) is 7.38. The first-order valence-electron chi connectivity index (χ1n) is 11.0. The predicted octanol–water partition coefficient (Wildman–Crippen LogP) is 6.49. The molecule has 0 aliphatic rings. The number of aromatic nitrogens is 3. The summed E-state index contributed by atoms with van der Waals surface area (Å²) >= 11 is 0. The lowest BCUT2D eigenvalue weighted by molar-refractivity contribution is -0.0247. The summed E-state index contributed by atoms with van der Waals surface area (Å²) in [4.78, 5) is 15.7. The first-order chi connectivity index (χ1) is 15.3. The van der Waals surface area contributed by atoms with E-state index < -0.39 is 17.7 Å². The summed E-state index contributed by atoms with van der Waals surface area (Å²) in [6.45, 7) is 5.81. The monoisotopic (exact) mass is 441 g/mol. The molecule has 1 atom stereocenters. The zero-order chi connectivity index (χ0) is 23.3. The van der Waals surface area contributed by atoms with Gasteiger partial charge in [0.1, 0.15) is 5.82 Å². The Hall–Kier alpha value is -3.09. The van der Waals surface area contributed by atoms with E-state index in [2.05, 4.69) is 10.1 Å². The highest BCUT2D eigenvalue weighted by molar-refractivity contribution is 5.95. The van der Waals surface area contributed by atoms with E-state index >= 15 is 0 Å². The van der Waals surface area contributed by atoms with Gasteiger partial charge in [0.05, 0.1) is 11.6 Å². The second-order valence-electron chi connectivity index (χ2n) is 8.09. The molecule has 170 valence electrons. The molecule has 5 nitrogen and oxygen atoms in total. The molecule has 0 aliphatic carbocycles. The molecule has 1 aromatic heterocycles. The van der Waals surface area contributed by atoms with Crippen LogP contribution < -0.4 is 0 Å². The van der Waals surface area contributed by atoms with Crippen molar-refractivity contribution in [3.8, 4) is 11.1 Å². The minimum absolute atomic E-state index is 0.0464. The van der Waals surface area contributed by atoms with Gasteiger partial charge < -0.3 is 5.11 Å². The van der Waals surface area contributed by atoms with Gasteiger partial charge in [-0.25, -0.2) is 14.5 Å². The third-order valence-corrected chi connectivity index (χ3v) is 5.67. The normalized spacial score (nSPS) is 12.7. The van der Waals surface area contributed by atoms with Crippen molar-refractivity contribution in [1.82, 2.24) is 14.8 Å². The number of carbonyl (C=O) groups is 1.